The predicted molar refractivity (Wildman–Crippen MR) is 184 cm³/mol. The highest BCUT2D eigenvalue weighted by atomic mass is 32.2. The Balaban J connectivity index is 1.80. The quantitative estimate of drug-likeness (QED) is 0.157. The average molecular weight is 676 g/mol. The normalized spacial score (nSPS) is 12.4. The fraction of sp³-hybridized carbons (Fsp3) is 0.297. The lowest BCUT2D eigenvalue weighted by Gasteiger charge is -2.34. The molecule has 254 valence electrons. The molecule has 0 unspecified atom stereocenters. The topological polar surface area (TPSA) is 105 Å². The summed E-state index contributed by atoms with van der Waals surface area (Å²) in [5, 5.41) is 3.01. The number of hydrogen-bond acceptors (Lipinski definition) is 6. The first kappa shape index (κ1) is 35.9. The zero-order valence-electron chi connectivity index (χ0n) is 27.6. The number of carbonyl (C=O) groups is 2. The first-order valence-electron chi connectivity index (χ1n) is 15.8. The van der Waals surface area contributed by atoms with Gasteiger partial charge in [-0.3, -0.25) is 13.9 Å². The predicted octanol–water partition coefficient (Wildman–Crippen LogP) is 5.98. The Hall–Kier alpha value is -4.90. The van der Waals surface area contributed by atoms with E-state index in [1.807, 2.05) is 57.2 Å². The van der Waals surface area contributed by atoms with Crippen LogP contribution in [0.5, 0.6) is 11.5 Å². The molecule has 0 spiro atoms. The van der Waals surface area contributed by atoms with Crippen molar-refractivity contribution in [2.24, 2.45) is 0 Å². The van der Waals surface area contributed by atoms with Gasteiger partial charge in [0.15, 0.2) is 0 Å². The van der Waals surface area contributed by atoms with Gasteiger partial charge >= 0.3 is 0 Å². The highest BCUT2D eigenvalue weighted by Crippen LogP contribution is 2.27. The lowest BCUT2D eigenvalue weighted by atomic mass is 10.0. The molecule has 0 aromatic heterocycles. The first-order chi connectivity index (χ1) is 23.0. The van der Waals surface area contributed by atoms with Gasteiger partial charge in [-0.1, -0.05) is 49.4 Å². The summed E-state index contributed by atoms with van der Waals surface area (Å²) in [7, 11) is -2.82. The van der Waals surface area contributed by atoms with Gasteiger partial charge in [0.25, 0.3) is 10.0 Å². The molecule has 2 amide bonds. The minimum atomic E-state index is -4.35. The molecule has 0 aliphatic heterocycles. The van der Waals surface area contributed by atoms with Crippen LogP contribution in [0.15, 0.2) is 108 Å². The van der Waals surface area contributed by atoms with Gasteiger partial charge in [0.05, 0.1) is 24.3 Å². The zero-order chi connectivity index (χ0) is 34.7. The molecule has 4 aromatic carbocycles. The van der Waals surface area contributed by atoms with Crippen LogP contribution in [0.1, 0.15) is 38.3 Å². The molecule has 48 heavy (non-hydrogen) atoms. The molecule has 1 N–H and O–H groups in total. The summed E-state index contributed by atoms with van der Waals surface area (Å²) >= 11 is 0. The Kier molecular flexibility index (Phi) is 12.6. The zero-order valence-corrected chi connectivity index (χ0v) is 28.5. The second kappa shape index (κ2) is 16.8. The Labute approximate surface area is 282 Å². The van der Waals surface area contributed by atoms with E-state index in [1.54, 1.807) is 18.2 Å². The molecule has 0 aliphatic carbocycles. The van der Waals surface area contributed by atoms with Crippen molar-refractivity contribution in [1.29, 1.82) is 0 Å². The van der Waals surface area contributed by atoms with Crippen LogP contribution in [0.25, 0.3) is 0 Å². The Morgan fingerprint density at radius 3 is 2.15 bits per heavy atom. The van der Waals surface area contributed by atoms with Gasteiger partial charge in [-0.2, -0.15) is 0 Å². The van der Waals surface area contributed by atoms with Gasteiger partial charge < -0.3 is 19.7 Å². The molecule has 4 rings (SSSR count). The third-order valence-electron chi connectivity index (χ3n) is 7.88. The SMILES string of the molecule is CCOc1ccc(S(=O)(=O)N(CC(=O)N(Cc2cccc(OC)c2)[C@H](Cc2ccccc2)C(=O)N[C@@H](C)CC)c2ccc(F)cc2)cc1. The third-order valence-corrected chi connectivity index (χ3v) is 9.66. The molecule has 0 aliphatic rings. The molecule has 0 fully saturated rings. The molecule has 2 atom stereocenters. The number of hydrogen-bond donors (Lipinski definition) is 1. The van der Waals surface area contributed by atoms with Crippen LogP contribution < -0.4 is 19.1 Å². The molecule has 4 aromatic rings. The Morgan fingerprint density at radius 2 is 1.52 bits per heavy atom. The number of halogens is 1. The standard InChI is InChI=1S/C37H42FN3O6S/c1-5-27(3)39-37(43)35(24-28-11-8-7-9-12-28)40(25-29-13-10-14-33(23-29)46-4)36(42)26-41(31-17-15-30(38)16-18-31)48(44,45)34-21-19-32(20-22-34)47-6-2/h7-23,27,35H,5-6,24-26H2,1-4H3,(H,39,43)/t27-,35+/m0/s1. The van der Waals surface area contributed by atoms with Gasteiger partial charge in [0, 0.05) is 19.0 Å². The lowest BCUT2D eigenvalue weighted by Crippen LogP contribution is -2.54. The van der Waals surface area contributed by atoms with E-state index >= 15 is 0 Å². The molecular weight excluding hydrogens is 633 g/mol. The smallest absolute Gasteiger partial charge is 0.264 e. The molecule has 0 radical (unpaired) electrons. The van der Waals surface area contributed by atoms with E-state index in [0.29, 0.717) is 30.1 Å². The van der Waals surface area contributed by atoms with Crippen molar-refractivity contribution in [2.75, 3.05) is 24.6 Å². The second-order valence-corrected chi connectivity index (χ2v) is 13.2. The number of ether oxygens (including phenoxy) is 2. The van der Waals surface area contributed by atoms with Crippen molar-refractivity contribution in [1.82, 2.24) is 10.2 Å². The number of carbonyl (C=O) groups excluding carboxylic acids is 2. The highest BCUT2D eigenvalue weighted by molar-refractivity contribution is 7.92. The number of nitrogens with zero attached hydrogens (tertiary/aromatic N) is 2. The molecule has 0 bridgehead atoms. The number of benzene rings is 4. The maximum atomic E-state index is 14.6. The van der Waals surface area contributed by atoms with Gasteiger partial charge in [-0.05, 0) is 92.1 Å². The number of amides is 2. The molecule has 0 heterocycles. The van der Waals surface area contributed by atoms with Crippen LogP contribution in [-0.4, -0.2) is 57.5 Å². The monoisotopic (exact) mass is 675 g/mol. The van der Waals surface area contributed by atoms with Gasteiger partial charge in [0.1, 0.15) is 29.9 Å². The number of methoxy groups -OCH3 is 1. The van der Waals surface area contributed by atoms with Crippen molar-refractivity contribution in [3.05, 3.63) is 120 Å². The number of nitrogens with one attached hydrogen (secondary N) is 1. The number of sulfonamides is 1. The number of anilines is 1. The van der Waals surface area contributed by atoms with Gasteiger partial charge in [0.2, 0.25) is 11.8 Å². The summed E-state index contributed by atoms with van der Waals surface area (Å²) in [4.78, 5) is 29.9. The molecule has 11 heteroatoms. The Morgan fingerprint density at radius 1 is 0.854 bits per heavy atom. The van der Waals surface area contributed by atoms with Crippen LogP contribution in [0.2, 0.25) is 0 Å². The van der Waals surface area contributed by atoms with Crippen LogP contribution in [-0.2, 0) is 32.6 Å². The highest BCUT2D eigenvalue weighted by Gasteiger charge is 2.35. The second-order valence-electron chi connectivity index (χ2n) is 11.3. The van der Waals surface area contributed by atoms with E-state index in [9.17, 15) is 22.4 Å². The van der Waals surface area contributed by atoms with E-state index in [2.05, 4.69) is 5.32 Å². The summed E-state index contributed by atoms with van der Waals surface area (Å²) in [6.07, 6.45) is 0.854. The van der Waals surface area contributed by atoms with E-state index in [-0.39, 0.29) is 35.5 Å². The first-order valence-corrected chi connectivity index (χ1v) is 17.3. The fourth-order valence-electron chi connectivity index (χ4n) is 5.10. The van der Waals surface area contributed by atoms with Crippen LogP contribution >= 0.6 is 0 Å². The third kappa shape index (κ3) is 9.34. The van der Waals surface area contributed by atoms with Crippen molar-refractivity contribution >= 4 is 27.5 Å². The maximum Gasteiger partial charge on any atom is 0.264 e. The maximum absolute atomic E-state index is 14.6. The van der Waals surface area contributed by atoms with Crippen molar-refractivity contribution < 1.29 is 31.9 Å². The van der Waals surface area contributed by atoms with E-state index in [1.165, 1.54) is 48.4 Å². The van der Waals surface area contributed by atoms with Crippen molar-refractivity contribution in [3.63, 3.8) is 0 Å². The minimum absolute atomic E-state index is 0.0121. The average Bonchev–Trinajstić information content (AvgIpc) is 3.09. The molecule has 0 saturated heterocycles. The van der Waals surface area contributed by atoms with E-state index in [0.717, 1.165) is 22.0 Å². The van der Waals surface area contributed by atoms with Crippen LogP contribution in [0.4, 0.5) is 10.1 Å². The van der Waals surface area contributed by atoms with E-state index < -0.39 is 34.3 Å². The van der Waals surface area contributed by atoms with Crippen molar-refractivity contribution in [2.45, 2.75) is 57.1 Å². The van der Waals surface area contributed by atoms with Crippen molar-refractivity contribution in [3.8, 4) is 11.5 Å². The van der Waals surface area contributed by atoms with Crippen LogP contribution in [0, 0.1) is 5.82 Å². The molecular formula is C37H42FN3O6S. The summed E-state index contributed by atoms with van der Waals surface area (Å²) in [6, 6.07) is 26.0. The summed E-state index contributed by atoms with van der Waals surface area (Å²) < 4.78 is 54.2. The summed E-state index contributed by atoms with van der Waals surface area (Å²) in [5.41, 5.74) is 1.59. The largest absolute Gasteiger partial charge is 0.497 e. The Bertz CT molecular complexity index is 1750. The minimum Gasteiger partial charge on any atom is -0.497 e. The van der Waals surface area contributed by atoms with Crippen LogP contribution in [0.3, 0.4) is 0 Å². The number of rotatable bonds is 16. The summed E-state index contributed by atoms with van der Waals surface area (Å²) in [5.74, 6) is -0.507. The van der Waals surface area contributed by atoms with Gasteiger partial charge in [-0.15, -0.1) is 0 Å². The molecule has 9 nitrogen and oxygen atoms in total. The summed E-state index contributed by atoms with van der Waals surface area (Å²) in [6.45, 7) is 5.38. The van der Waals surface area contributed by atoms with Gasteiger partial charge in [-0.25, -0.2) is 12.8 Å². The lowest BCUT2D eigenvalue weighted by molar-refractivity contribution is -0.140. The fourth-order valence-corrected chi connectivity index (χ4v) is 6.51. The van der Waals surface area contributed by atoms with E-state index in [4.69, 9.17) is 9.47 Å². The molecule has 0 saturated carbocycles.